The lowest BCUT2D eigenvalue weighted by Gasteiger charge is -2.39. The van der Waals surface area contributed by atoms with Crippen LogP contribution in [0.5, 0.6) is 6.01 Å². The van der Waals surface area contributed by atoms with Crippen molar-refractivity contribution in [2.45, 2.75) is 45.1 Å². The topological polar surface area (TPSA) is 118 Å². The van der Waals surface area contributed by atoms with E-state index in [1.54, 1.807) is 0 Å². The highest BCUT2D eigenvalue weighted by Crippen LogP contribution is 2.34. The van der Waals surface area contributed by atoms with Crippen molar-refractivity contribution < 1.29 is 9.84 Å². The summed E-state index contributed by atoms with van der Waals surface area (Å²) in [5.74, 6) is 6.52. The van der Waals surface area contributed by atoms with Gasteiger partial charge in [0.25, 0.3) is 0 Å². The molecule has 1 aliphatic rings. The predicted molar refractivity (Wildman–Crippen MR) is 79.9 cm³/mol. The zero-order valence-corrected chi connectivity index (χ0v) is 12.6. The van der Waals surface area contributed by atoms with E-state index >= 15 is 0 Å². The Balaban J connectivity index is 2.21. The molecule has 2 rings (SSSR count). The standard InChI is InChI=1S/C13H24N6O2/c1-3-21-12-16-10(15-11(17-12)19-14)18-13(8-20)6-4-5-9(2)7-13/h9,20H,3-8,14H2,1-2H3,(H2,15,16,17,18,19). The highest BCUT2D eigenvalue weighted by Gasteiger charge is 2.35. The Labute approximate surface area is 124 Å². The van der Waals surface area contributed by atoms with E-state index in [0.717, 1.165) is 19.3 Å². The van der Waals surface area contributed by atoms with E-state index in [2.05, 4.69) is 32.6 Å². The Morgan fingerprint density at radius 1 is 1.38 bits per heavy atom. The smallest absolute Gasteiger partial charge is 0.323 e. The summed E-state index contributed by atoms with van der Waals surface area (Å²) in [4.78, 5) is 12.4. The molecule has 1 aromatic rings. The van der Waals surface area contributed by atoms with Gasteiger partial charge in [-0.1, -0.05) is 19.8 Å². The average Bonchev–Trinajstić information content (AvgIpc) is 2.47. The third kappa shape index (κ3) is 3.92. The number of aromatic nitrogens is 3. The minimum absolute atomic E-state index is 0.0401. The van der Waals surface area contributed by atoms with Gasteiger partial charge in [0.15, 0.2) is 0 Å². The van der Waals surface area contributed by atoms with E-state index in [1.807, 2.05) is 6.92 Å². The van der Waals surface area contributed by atoms with Crippen LogP contribution in [-0.2, 0) is 0 Å². The van der Waals surface area contributed by atoms with Gasteiger partial charge in [0.05, 0.1) is 18.8 Å². The fraction of sp³-hybridized carbons (Fsp3) is 0.769. The van der Waals surface area contributed by atoms with Crippen molar-refractivity contribution in [2.24, 2.45) is 11.8 Å². The van der Waals surface area contributed by atoms with E-state index in [0.29, 0.717) is 18.5 Å². The summed E-state index contributed by atoms with van der Waals surface area (Å²) < 4.78 is 5.31. The molecular weight excluding hydrogens is 272 g/mol. The second-order valence-corrected chi connectivity index (χ2v) is 5.61. The molecule has 118 valence electrons. The quantitative estimate of drug-likeness (QED) is 0.452. The SMILES string of the molecule is CCOc1nc(NN)nc(NC2(CO)CCCC(C)C2)n1. The molecular formula is C13H24N6O2. The molecule has 0 aromatic carbocycles. The number of nitrogen functional groups attached to an aromatic ring is 1. The van der Waals surface area contributed by atoms with E-state index in [1.165, 1.54) is 6.42 Å². The van der Waals surface area contributed by atoms with Crippen LogP contribution in [0.3, 0.4) is 0 Å². The number of hydrogen-bond donors (Lipinski definition) is 4. The number of hydrogen-bond acceptors (Lipinski definition) is 8. The molecule has 0 radical (unpaired) electrons. The summed E-state index contributed by atoms with van der Waals surface area (Å²) in [6.45, 7) is 4.54. The van der Waals surface area contributed by atoms with Gasteiger partial charge >= 0.3 is 6.01 Å². The molecule has 0 bridgehead atoms. The number of nitrogens with zero attached hydrogens (tertiary/aromatic N) is 3. The summed E-state index contributed by atoms with van der Waals surface area (Å²) in [6, 6.07) is 0.208. The number of rotatable bonds is 6. The number of hydrazine groups is 1. The molecule has 0 aliphatic heterocycles. The van der Waals surface area contributed by atoms with Crippen molar-refractivity contribution in [2.75, 3.05) is 24.0 Å². The molecule has 8 heteroatoms. The van der Waals surface area contributed by atoms with Gasteiger partial charge in [-0.3, -0.25) is 5.43 Å². The van der Waals surface area contributed by atoms with Crippen LogP contribution in [0.15, 0.2) is 0 Å². The number of nitrogens with one attached hydrogen (secondary N) is 2. The van der Waals surface area contributed by atoms with E-state index < -0.39 is 5.54 Å². The Hall–Kier alpha value is -1.67. The average molecular weight is 296 g/mol. The lowest BCUT2D eigenvalue weighted by molar-refractivity contribution is 0.149. The van der Waals surface area contributed by atoms with Gasteiger partial charge in [0.1, 0.15) is 0 Å². The summed E-state index contributed by atoms with van der Waals surface area (Å²) in [5.41, 5.74) is 2.00. The molecule has 1 aromatic heterocycles. The van der Waals surface area contributed by atoms with Crippen LogP contribution in [0.1, 0.15) is 39.5 Å². The fourth-order valence-corrected chi connectivity index (χ4v) is 2.86. The van der Waals surface area contributed by atoms with Crippen LogP contribution in [0.4, 0.5) is 11.9 Å². The maximum Gasteiger partial charge on any atom is 0.323 e. The Kier molecular flexibility index (Phi) is 5.13. The highest BCUT2D eigenvalue weighted by atomic mass is 16.5. The number of anilines is 2. The maximum absolute atomic E-state index is 9.81. The fourth-order valence-electron chi connectivity index (χ4n) is 2.86. The number of aliphatic hydroxyl groups is 1. The first kappa shape index (κ1) is 15.7. The minimum atomic E-state index is -0.394. The zero-order chi connectivity index (χ0) is 15.3. The van der Waals surface area contributed by atoms with Crippen LogP contribution in [-0.4, -0.2) is 38.8 Å². The molecule has 2 unspecified atom stereocenters. The van der Waals surface area contributed by atoms with Crippen LogP contribution in [0, 0.1) is 5.92 Å². The van der Waals surface area contributed by atoms with Crippen molar-refractivity contribution >= 4 is 11.9 Å². The number of aliphatic hydroxyl groups excluding tert-OH is 1. The van der Waals surface area contributed by atoms with Crippen molar-refractivity contribution in [1.29, 1.82) is 0 Å². The van der Waals surface area contributed by atoms with E-state index in [-0.39, 0.29) is 18.6 Å². The Morgan fingerprint density at radius 3 is 2.76 bits per heavy atom. The van der Waals surface area contributed by atoms with Crippen molar-refractivity contribution in [3.63, 3.8) is 0 Å². The van der Waals surface area contributed by atoms with Gasteiger partial charge in [0, 0.05) is 0 Å². The highest BCUT2D eigenvalue weighted by molar-refractivity contribution is 5.37. The molecule has 1 fully saturated rings. The molecule has 2 atom stereocenters. The molecule has 5 N–H and O–H groups in total. The second kappa shape index (κ2) is 6.86. The summed E-state index contributed by atoms with van der Waals surface area (Å²) in [5, 5.41) is 13.1. The molecule has 8 nitrogen and oxygen atoms in total. The molecule has 0 spiro atoms. The molecule has 0 amide bonds. The van der Waals surface area contributed by atoms with Crippen LogP contribution >= 0.6 is 0 Å². The largest absolute Gasteiger partial charge is 0.464 e. The van der Waals surface area contributed by atoms with Crippen molar-refractivity contribution in [3.05, 3.63) is 0 Å². The third-order valence-electron chi connectivity index (χ3n) is 3.79. The van der Waals surface area contributed by atoms with Gasteiger partial charge < -0.3 is 15.2 Å². The summed E-state index contributed by atoms with van der Waals surface area (Å²) >= 11 is 0. The van der Waals surface area contributed by atoms with Gasteiger partial charge in [-0.05, 0) is 25.7 Å². The molecule has 1 saturated carbocycles. The molecule has 1 heterocycles. The first-order valence-electron chi connectivity index (χ1n) is 7.35. The van der Waals surface area contributed by atoms with E-state index in [4.69, 9.17) is 10.6 Å². The Bertz CT molecular complexity index is 472. The first-order valence-corrected chi connectivity index (χ1v) is 7.35. The van der Waals surface area contributed by atoms with Gasteiger partial charge in [-0.2, -0.15) is 15.0 Å². The first-order chi connectivity index (χ1) is 10.1. The van der Waals surface area contributed by atoms with Crippen LogP contribution in [0.25, 0.3) is 0 Å². The van der Waals surface area contributed by atoms with Crippen molar-refractivity contribution in [3.8, 4) is 6.01 Å². The second-order valence-electron chi connectivity index (χ2n) is 5.61. The summed E-state index contributed by atoms with van der Waals surface area (Å²) in [6.07, 6.45) is 4.01. The van der Waals surface area contributed by atoms with Gasteiger partial charge in [-0.25, -0.2) is 5.84 Å². The van der Waals surface area contributed by atoms with Gasteiger partial charge in [-0.15, -0.1) is 0 Å². The molecule has 1 aliphatic carbocycles. The molecule has 21 heavy (non-hydrogen) atoms. The zero-order valence-electron chi connectivity index (χ0n) is 12.6. The summed E-state index contributed by atoms with van der Waals surface area (Å²) in [7, 11) is 0. The van der Waals surface area contributed by atoms with Crippen molar-refractivity contribution in [1.82, 2.24) is 15.0 Å². The van der Waals surface area contributed by atoms with Crippen LogP contribution in [0.2, 0.25) is 0 Å². The monoisotopic (exact) mass is 296 g/mol. The van der Waals surface area contributed by atoms with Crippen LogP contribution < -0.4 is 21.3 Å². The Morgan fingerprint density at radius 2 is 2.14 bits per heavy atom. The number of ether oxygens (including phenoxy) is 1. The van der Waals surface area contributed by atoms with Gasteiger partial charge in [0.2, 0.25) is 11.9 Å². The predicted octanol–water partition coefficient (Wildman–Crippen LogP) is 0.909. The normalized spacial score (nSPS) is 25.4. The van der Waals surface area contributed by atoms with E-state index in [9.17, 15) is 5.11 Å². The minimum Gasteiger partial charge on any atom is -0.464 e. The number of nitrogens with two attached hydrogens (primary N) is 1. The maximum atomic E-state index is 9.81. The third-order valence-corrected chi connectivity index (χ3v) is 3.79. The lowest BCUT2D eigenvalue weighted by atomic mass is 9.77. The lowest BCUT2D eigenvalue weighted by Crippen LogP contribution is -2.46. The molecule has 0 saturated heterocycles.